The van der Waals surface area contributed by atoms with Gasteiger partial charge in [-0.1, -0.05) is 16.9 Å². The lowest BCUT2D eigenvalue weighted by atomic mass is 10.0. The van der Waals surface area contributed by atoms with Crippen molar-refractivity contribution >= 4 is 81.4 Å². The number of oxime groups is 1. The Kier molecular flexibility index (Phi) is 9.15. The second-order valence-electron chi connectivity index (χ2n) is 7.79. The second kappa shape index (κ2) is 12.5. The molecule has 9 N–H and O–H groups in total. The summed E-state index contributed by atoms with van der Waals surface area (Å²) in [7, 11) is 0. The van der Waals surface area contributed by atoms with Crippen LogP contribution in [0.25, 0.3) is 0 Å². The van der Waals surface area contributed by atoms with E-state index < -0.39 is 34.9 Å². The predicted octanol–water partition coefficient (Wildman–Crippen LogP) is -0.311. The van der Waals surface area contributed by atoms with Crippen LogP contribution < -0.4 is 22.5 Å². The number of fused-ring (bicyclic) bond motifs is 1. The lowest BCUT2D eigenvalue weighted by Crippen LogP contribution is -2.71. The fraction of sp³-hybridized carbons (Fsp3) is 0.300. The standard InChI is InChI=1S/C20H22N10O5S4/c21-19(22)25-3-4-36-6-8-5-9(1-2-24-8)38-10-7-37-17-12(16(32)30(17)13(10)18(33)34)26-15(31)11(28-35)14-27-20(23)39-29-14/h1-2,5,12,17,35H,3-4,6-7H2,(H,26,31)(H,33,34)(H4,21,22,25)(H2,23,27,29)/b28-11+/t12-,17?/m1/s1. The molecule has 19 heteroatoms. The Morgan fingerprint density at radius 2 is 2.13 bits per heavy atom. The molecule has 15 nitrogen and oxygen atoms in total. The molecule has 0 radical (unpaired) electrons. The van der Waals surface area contributed by atoms with Gasteiger partial charge in [0.1, 0.15) is 17.1 Å². The fourth-order valence-corrected chi connectivity index (χ4v) is 7.25. The van der Waals surface area contributed by atoms with Gasteiger partial charge in [0, 0.05) is 44.8 Å². The number of nitrogen functional groups attached to an aromatic ring is 1. The number of anilines is 1. The molecule has 0 bridgehead atoms. The van der Waals surface area contributed by atoms with E-state index in [1.807, 2.05) is 6.07 Å². The zero-order valence-electron chi connectivity index (χ0n) is 19.9. The van der Waals surface area contributed by atoms with Crippen molar-refractivity contribution in [1.82, 2.24) is 24.6 Å². The number of amides is 2. The van der Waals surface area contributed by atoms with Gasteiger partial charge in [-0.15, -0.1) is 11.8 Å². The maximum Gasteiger partial charge on any atom is 0.353 e. The van der Waals surface area contributed by atoms with E-state index in [0.29, 0.717) is 28.7 Å². The second-order valence-corrected chi connectivity index (χ2v) is 11.9. The van der Waals surface area contributed by atoms with Crippen LogP contribution in [0.5, 0.6) is 0 Å². The number of aromatic nitrogens is 3. The topological polar surface area (TPSA) is 248 Å². The number of nitrogens with two attached hydrogens (primary N) is 3. The maximum absolute atomic E-state index is 13.0. The van der Waals surface area contributed by atoms with Gasteiger partial charge in [-0.2, -0.15) is 21.1 Å². The highest BCUT2D eigenvalue weighted by molar-refractivity contribution is 8.06. The van der Waals surface area contributed by atoms with Gasteiger partial charge in [-0.25, -0.2) is 4.79 Å². The fourth-order valence-electron chi connectivity index (χ4n) is 3.56. The van der Waals surface area contributed by atoms with E-state index in [4.69, 9.17) is 17.2 Å². The lowest BCUT2D eigenvalue weighted by Gasteiger charge is -2.49. The number of carbonyl (C=O) groups is 3. The molecule has 2 atom stereocenters. The van der Waals surface area contributed by atoms with Crippen molar-refractivity contribution < 1.29 is 24.7 Å². The first-order chi connectivity index (χ1) is 18.7. The minimum atomic E-state index is -1.26. The highest BCUT2D eigenvalue weighted by Crippen LogP contribution is 2.45. The summed E-state index contributed by atoms with van der Waals surface area (Å²) < 4.78 is 3.83. The van der Waals surface area contributed by atoms with Crippen LogP contribution in [0.3, 0.4) is 0 Å². The van der Waals surface area contributed by atoms with Crippen LogP contribution in [0.1, 0.15) is 11.5 Å². The molecular formula is C20H22N10O5S4. The van der Waals surface area contributed by atoms with Gasteiger partial charge >= 0.3 is 5.97 Å². The summed E-state index contributed by atoms with van der Waals surface area (Å²) in [6, 6.07) is 2.59. The molecule has 1 fully saturated rings. The number of hydrogen-bond acceptors (Lipinski definition) is 14. The number of pyridine rings is 1. The summed E-state index contributed by atoms with van der Waals surface area (Å²) in [5.41, 5.74) is 16.3. The SMILES string of the molecule is NC(N)=NCCSCc1cc(SC2=C(C(=O)O)N3C(=O)[C@@H](NC(=O)/C(=N/O)c4nsc(N)n4)C3SC2)ccn1. The number of thioether (sulfide) groups is 3. The number of aliphatic carboxylic acids is 1. The molecule has 2 aliphatic heterocycles. The van der Waals surface area contributed by atoms with E-state index in [1.165, 1.54) is 23.5 Å². The van der Waals surface area contributed by atoms with E-state index in [2.05, 4.69) is 29.8 Å². The normalized spacial score (nSPS) is 18.8. The zero-order valence-corrected chi connectivity index (χ0v) is 23.1. The first-order valence-electron chi connectivity index (χ1n) is 11.0. The zero-order chi connectivity index (χ0) is 28.1. The first kappa shape index (κ1) is 28.5. The van der Waals surface area contributed by atoms with Crippen molar-refractivity contribution in [2.75, 3.05) is 23.8 Å². The van der Waals surface area contributed by atoms with Crippen LogP contribution in [0.15, 0.2) is 44.0 Å². The Bertz CT molecular complexity index is 1380. The van der Waals surface area contributed by atoms with Crippen LogP contribution >= 0.6 is 46.8 Å². The Morgan fingerprint density at radius 3 is 2.79 bits per heavy atom. The Morgan fingerprint density at radius 1 is 1.33 bits per heavy atom. The van der Waals surface area contributed by atoms with Gasteiger partial charge in [-0.3, -0.25) is 24.5 Å². The number of nitrogens with zero attached hydrogens (tertiary/aromatic N) is 6. The molecule has 39 heavy (non-hydrogen) atoms. The number of β-lactam (4-membered cyclic amide) rings is 1. The molecule has 4 heterocycles. The monoisotopic (exact) mass is 610 g/mol. The van der Waals surface area contributed by atoms with E-state index in [-0.39, 0.29) is 22.6 Å². The van der Waals surface area contributed by atoms with Crippen LogP contribution in [0, 0.1) is 0 Å². The average Bonchev–Trinajstić information content (AvgIpc) is 3.32. The van der Waals surface area contributed by atoms with Gasteiger partial charge in [-0.05, 0) is 12.1 Å². The highest BCUT2D eigenvalue weighted by Gasteiger charge is 2.54. The van der Waals surface area contributed by atoms with Gasteiger partial charge in [0.25, 0.3) is 11.8 Å². The molecule has 0 aromatic carbocycles. The van der Waals surface area contributed by atoms with Crippen LogP contribution in [-0.2, 0) is 20.1 Å². The van der Waals surface area contributed by atoms with Crippen molar-refractivity contribution in [2.24, 2.45) is 21.6 Å². The molecule has 1 unspecified atom stereocenters. The van der Waals surface area contributed by atoms with Crippen molar-refractivity contribution in [3.05, 3.63) is 40.5 Å². The minimum absolute atomic E-state index is 0.0407. The quantitative estimate of drug-likeness (QED) is 0.0477. The molecule has 2 amide bonds. The summed E-state index contributed by atoms with van der Waals surface area (Å²) in [5, 5.41) is 24.0. The van der Waals surface area contributed by atoms with E-state index >= 15 is 0 Å². The molecule has 1 saturated heterocycles. The van der Waals surface area contributed by atoms with Crippen molar-refractivity contribution in [2.45, 2.75) is 22.1 Å². The van der Waals surface area contributed by atoms with Gasteiger partial charge in [0.05, 0.1) is 12.2 Å². The smallest absolute Gasteiger partial charge is 0.353 e. The van der Waals surface area contributed by atoms with Crippen LogP contribution in [0.2, 0.25) is 0 Å². The van der Waals surface area contributed by atoms with E-state index in [9.17, 15) is 24.7 Å². The number of nitrogens with one attached hydrogen (secondary N) is 1. The van der Waals surface area contributed by atoms with Gasteiger partial charge < -0.3 is 32.8 Å². The summed E-state index contributed by atoms with van der Waals surface area (Å²) in [4.78, 5) is 52.3. The molecular weight excluding hydrogens is 589 g/mol. The molecule has 206 valence electrons. The predicted molar refractivity (Wildman–Crippen MR) is 149 cm³/mol. The Hall–Kier alpha value is -3.55. The van der Waals surface area contributed by atoms with Gasteiger partial charge in [0.2, 0.25) is 11.5 Å². The third kappa shape index (κ3) is 6.54. The summed E-state index contributed by atoms with van der Waals surface area (Å²) in [5.74, 6) is -1.29. The molecule has 0 aliphatic carbocycles. The van der Waals surface area contributed by atoms with E-state index in [1.54, 1.807) is 24.0 Å². The van der Waals surface area contributed by atoms with Crippen molar-refractivity contribution in [3.63, 3.8) is 0 Å². The number of aliphatic imine (C=N–C) groups is 1. The van der Waals surface area contributed by atoms with Crippen molar-refractivity contribution in [3.8, 4) is 0 Å². The number of hydrogen-bond donors (Lipinski definition) is 6. The third-order valence-corrected chi connectivity index (χ3v) is 9.25. The van der Waals surface area contributed by atoms with Crippen LogP contribution in [-0.4, -0.2) is 88.5 Å². The Labute approximate surface area is 237 Å². The number of rotatable bonds is 11. The Balaban J connectivity index is 1.43. The molecule has 4 rings (SSSR count). The van der Waals surface area contributed by atoms with E-state index in [0.717, 1.165) is 27.0 Å². The molecule has 2 aromatic heterocycles. The number of carboxylic acid groups (broad SMARTS) is 1. The highest BCUT2D eigenvalue weighted by atomic mass is 32.2. The van der Waals surface area contributed by atoms with Gasteiger partial charge in [0.15, 0.2) is 11.1 Å². The number of guanidine groups is 1. The third-order valence-electron chi connectivity index (χ3n) is 5.20. The lowest BCUT2D eigenvalue weighted by molar-refractivity contribution is -0.150. The number of carbonyl (C=O) groups excluding carboxylic acids is 2. The first-order valence-corrected chi connectivity index (χ1v) is 14.8. The number of carboxylic acids is 1. The molecule has 2 aromatic rings. The largest absolute Gasteiger partial charge is 0.477 e. The minimum Gasteiger partial charge on any atom is -0.477 e. The molecule has 0 spiro atoms. The molecule has 2 aliphatic rings. The van der Waals surface area contributed by atoms with Crippen LogP contribution in [0.4, 0.5) is 5.13 Å². The van der Waals surface area contributed by atoms with Crippen molar-refractivity contribution in [1.29, 1.82) is 0 Å². The summed E-state index contributed by atoms with van der Waals surface area (Å²) in [6.45, 7) is 0.491. The summed E-state index contributed by atoms with van der Waals surface area (Å²) >= 11 is 4.96. The molecule has 0 saturated carbocycles. The summed E-state index contributed by atoms with van der Waals surface area (Å²) in [6.07, 6.45) is 1.64. The average molecular weight is 611 g/mol. The maximum atomic E-state index is 13.0.